The Morgan fingerprint density at radius 2 is 1.59 bits per heavy atom. The third kappa shape index (κ3) is 8.23. The Labute approximate surface area is 226 Å². The first-order chi connectivity index (χ1) is 18.7. The highest BCUT2D eigenvalue weighted by Gasteiger charge is 2.37. The Bertz CT molecular complexity index is 1330. The molecule has 0 saturated heterocycles. The van der Waals surface area contributed by atoms with Crippen molar-refractivity contribution >= 4 is 40.4 Å². The van der Waals surface area contributed by atoms with E-state index < -0.39 is 54.6 Å². The van der Waals surface area contributed by atoms with E-state index >= 15 is 0 Å². The van der Waals surface area contributed by atoms with E-state index in [0.29, 0.717) is 29.7 Å². The molecule has 2 atom stereocenters. The van der Waals surface area contributed by atoms with Crippen LogP contribution in [0.3, 0.4) is 0 Å². The number of aryl methyl sites for hydroxylation is 1. The summed E-state index contributed by atoms with van der Waals surface area (Å²) in [6.07, 6.45) is 0.762. The summed E-state index contributed by atoms with van der Waals surface area (Å²) < 4.78 is 5.13. The highest BCUT2D eigenvalue weighted by atomic mass is 16.5. The summed E-state index contributed by atoms with van der Waals surface area (Å²) in [4.78, 5) is 62.9. The van der Waals surface area contributed by atoms with E-state index in [-0.39, 0.29) is 6.42 Å². The van der Waals surface area contributed by atoms with Crippen molar-refractivity contribution in [3.8, 4) is 0 Å². The zero-order valence-electron chi connectivity index (χ0n) is 21.7. The van der Waals surface area contributed by atoms with Crippen molar-refractivity contribution in [2.45, 2.75) is 45.1 Å². The number of amides is 3. The topological polar surface area (TPSA) is 144 Å². The molecule has 0 aliphatic heterocycles. The van der Waals surface area contributed by atoms with Crippen LogP contribution in [0.5, 0.6) is 0 Å². The van der Waals surface area contributed by atoms with Gasteiger partial charge in [0, 0.05) is 5.92 Å². The van der Waals surface area contributed by atoms with Gasteiger partial charge < -0.3 is 15.6 Å². The predicted molar refractivity (Wildman–Crippen MR) is 145 cm³/mol. The molecular weight excluding hydrogens is 500 g/mol. The van der Waals surface area contributed by atoms with Crippen molar-refractivity contribution in [3.63, 3.8) is 0 Å². The minimum atomic E-state index is -1.70. The van der Waals surface area contributed by atoms with Crippen LogP contribution in [0.4, 0.5) is 4.79 Å². The zero-order chi connectivity index (χ0) is 28.4. The van der Waals surface area contributed by atoms with Crippen LogP contribution in [-0.2, 0) is 36.8 Å². The van der Waals surface area contributed by atoms with E-state index in [1.165, 1.54) is 0 Å². The van der Waals surface area contributed by atoms with E-state index in [0.717, 1.165) is 16.3 Å². The molecule has 9 nitrogen and oxygen atoms in total. The van der Waals surface area contributed by atoms with E-state index in [1.54, 1.807) is 19.1 Å². The molecule has 0 heterocycles. The monoisotopic (exact) mass is 532 g/mol. The number of nitrogens with two attached hydrogens (primary N) is 1. The van der Waals surface area contributed by atoms with Gasteiger partial charge >= 0.3 is 18.0 Å². The second-order valence-electron chi connectivity index (χ2n) is 9.38. The van der Waals surface area contributed by atoms with E-state index in [4.69, 9.17) is 10.5 Å². The Morgan fingerprint density at radius 1 is 0.923 bits per heavy atom. The minimum absolute atomic E-state index is 0.116. The fourth-order valence-corrected chi connectivity index (χ4v) is 4.45. The molecule has 3 rings (SSSR count). The van der Waals surface area contributed by atoms with Crippen LogP contribution < -0.4 is 5.73 Å². The highest BCUT2D eigenvalue weighted by molar-refractivity contribution is 6.02. The molecule has 0 spiro atoms. The van der Waals surface area contributed by atoms with Crippen LogP contribution in [0.1, 0.15) is 37.3 Å². The fraction of sp³-hybridized carbons (Fsp3) is 0.300. The molecular formula is C30H32N2O7. The van der Waals surface area contributed by atoms with Crippen molar-refractivity contribution in [2.75, 3.05) is 6.61 Å². The standard InChI is InChI=1S/C30H32N2O7/c1-20(9-7-12-21-10-3-2-4-11-21)29(37)32(30(31)38)25(18-27(34)35)26(33)19-39-28(36)17-23-15-8-14-22-13-5-6-16-24(22)23/h2-6,8,10-11,13-16,20,25H,7,9,12,17-19H2,1H3,(H2,31,38)(H,34,35). The summed E-state index contributed by atoms with van der Waals surface area (Å²) in [6.45, 7) is 0.788. The zero-order valence-corrected chi connectivity index (χ0v) is 21.7. The Balaban J connectivity index is 1.65. The molecule has 3 amide bonds. The van der Waals surface area contributed by atoms with Crippen molar-refractivity contribution in [1.82, 2.24) is 4.90 Å². The Morgan fingerprint density at radius 3 is 2.28 bits per heavy atom. The number of Topliss-reactive ketones (excluding diaryl/α,β-unsaturated/α-hetero) is 1. The first-order valence-electron chi connectivity index (χ1n) is 12.7. The number of primary amides is 1. The number of carbonyl (C=O) groups is 5. The summed E-state index contributed by atoms with van der Waals surface area (Å²) in [6, 6.07) is 19.7. The van der Waals surface area contributed by atoms with E-state index in [1.807, 2.05) is 60.7 Å². The van der Waals surface area contributed by atoms with E-state index in [9.17, 15) is 29.1 Å². The van der Waals surface area contributed by atoms with Crippen LogP contribution in [0.25, 0.3) is 10.8 Å². The molecule has 0 aliphatic rings. The molecule has 3 aromatic rings. The number of imide groups is 1. The molecule has 0 bridgehead atoms. The number of carboxylic acid groups (broad SMARTS) is 1. The van der Waals surface area contributed by atoms with Crippen molar-refractivity contribution in [1.29, 1.82) is 0 Å². The fourth-order valence-electron chi connectivity index (χ4n) is 4.45. The van der Waals surface area contributed by atoms with Crippen molar-refractivity contribution in [3.05, 3.63) is 83.9 Å². The Hall–Kier alpha value is -4.53. The number of benzene rings is 3. The molecule has 3 N–H and O–H groups in total. The molecule has 0 aromatic heterocycles. The summed E-state index contributed by atoms with van der Waals surface area (Å²) >= 11 is 0. The van der Waals surface area contributed by atoms with Gasteiger partial charge in [0.1, 0.15) is 6.04 Å². The quantitative estimate of drug-likeness (QED) is 0.318. The number of ketones is 1. The number of carbonyl (C=O) groups excluding carboxylic acids is 4. The first kappa shape index (κ1) is 29.0. The van der Waals surface area contributed by atoms with Gasteiger partial charge in [-0.2, -0.15) is 0 Å². The summed E-state index contributed by atoms with van der Waals surface area (Å²) in [7, 11) is 0. The Kier molecular flexibility index (Phi) is 10.3. The van der Waals surface area contributed by atoms with Crippen molar-refractivity contribution < 1.29 is 33.8 Å². The van der Waals surface area contributed by atoms with E-state index in [2.05, 4.69) is 0 Å². The highest BCUT2D eigenvalue weighted by Crippen LogP contribution is 2.20. The maximum Gasteiger partial charge on any atom is 0.322 e. The van der Waals surface area contributed by atoms with Gasteiger partial charge in [-0.1, -0.05) is 79.7 Å². The van der Waals surface area contributed by atoms with Crippen LogP contribution in [0, 0.1) is 5.92 Å². The normalized spacial score (nSPS) is 12.3. The number of rotatable bonds is 13. The number of fused-ring (bicyclic) bond motifs is 1. The van der Waals surface area contributed by atoms with Gasteiger partial charge in [0.2, 0.25) is 5.91 Å². The van der Waals surface area contributed by atoms with Crippen LogP contribution in [-0.4, -0.2) is 52.3 Å². The summed E-state index contributed by atoms with van der Waals surface area (Å²) in [5.74, 6) is -4.48. The smallest absolute Gasteiger partial charge is 0.322 e. The average Bonchev–Trinajstić information content (AvgIpc) is 2.91. The number of nitrogens with zero attached hydrogens (tertiary/aromatic N) is 1. The lowest BCUT2D eigenvalue weighted by Gasteiger charge is -2.28. The molecule has 0 radical (unpaired) electrons. The van der Waals surface area contributed by atoms with Gasteiger partial charge in [0.05, 0.1) is 12.8 Å². The lowest BCUT2D eigenvalue weighted by atomic mass is 9.98. The van der Waals surface area contributed by atoms with Crippen LogP contribution in [0.2, 0.25) is 0 Å². The van der Waals surface area contributed by atoms with Gasteiger partial charge in [0.25, 0.3) is 0 Å². The number of hydrogen-bond donors (Lipinski definition) is 2. The molecule has 3 aromatic carbocycles. The van der Waals surface area contributed by atoms with Gasteiger partial charge in [-0.3, -0.25) is 24.1 Å². The maximum absolute atomic E-state index is 13.1. The van der Waals surface area contributed by atoms with Crippen LogP contribution >= 0.6 is 0 Å². The SMILES string of the molecule is CC(CCCc1ccccc1)C(=O)N(C(N)=O)C(CC(=O)O)C(=O)COC(=O)Cc1cccc2ccccc12. The number of aliphatic carboxylic acids is 1. The van der Waals surface area contributed by atoms with Gasteiger partial charge in [-0.15, -0.1) is 0 Å². The minimum Gasteiger partial charge on any atom is -0.481 e. The molecule has 204 valence electrons. The molecule has 39 heavy (non-hydrogen) atoms. The number of urea groups is 1. The second kappa shape index (κ2) is 13.9. The second-order valence-corrected chi connectivity index (χ2v) is 9.38. The number of carboxylic acids is 1. The van der Waals surface area contributed by atoms with Gasteiger partial charge in [-0.25, -0.2) is 4.79 Å². The number of esters is 1. The molecule has 0 saturated carbocycles. The molecule has 2 unspecified atom stereocenters. The number of hydrogen-bond acceptors (Lipinski definition) is 6. The van der Waals surface area contributed by atoms with Crippen LogP contribution in [0.15, 0.2) is 72.8 Å². The maximum atomic E-state index is 13.1. The lowest BCUT2D eigenvalue weighted by molar-refractivity contribution is -0.151. The van der Waals surface area contributed by atoms with Crippen molar-refractivity contribution in [2.24, 2.45) is 11.7 Å². The predicted octanol–water partition coefficient (Wildman–Crippen LogP) is 3.90. The lowest BCUT2D eigenvalue weighted by Crippen LogP contribution is -2.54. The van der Waals surface area contributed by atoms with Gasteiger partial charge in [0.15, 0.2) is 12.4 Å². The molecule has 0 aliphatic carbocycles. The third-order valence-corrected chi connectivity index (χ3v) is 6.48. The summed E-state index contributed by atoms with van der Waals surface area (Å²) in [5.41, 5.74) is 7.22. The number of ether oxygens (including phenoxy) is 1. The molecule has 0 fully saturated rings. The largest absolute Gasteiger partial charge is 0.481 e. The summed E-state index contributed by atoms with van der Waals surface area (Å²) in [5, 5.41) is 11.2. The third-order valence-electron chi connectivity index (χ3n) is 6.48. The first-order valence-corrected chi connectivity index (χ1v) is 12.7. The average molecular weight is 533 g/mol. The molecule has 9 heteroatoms. The van der Waals surface area contributed by atoms with Gasteiger partial charge in [-0.05, 0) is 41.2 Å².